The number of hydrogen-bond acceptors (Lipinski definition) is 2. The van der Waals surface area contributed by atoms with E-state index in [4.69, 9.17) is 0 Å². The number of rotatable bonds is 4. The van der Waals surface area contributed by atoms with Crippen molar-refractivity contribution in [2.24, 2.45) is 17.8 Å². The highest BCUT2D eigenvalue weighted by molar-refractivity contribution is 5.96. The third-order valence-corrected chi connectivity index (χ3v) is 5.87. The molecule has 122 valence electrons. The Morgan fingerprint density at radius 2 is 2.00 bits per heavy atom. The zero-order chi connectivity index (χ0) is 15.8. The van der Waals surface area contributed by atoms with Gasteiger partial charge in [-0.25, -0.2) is 0 Å². The van der Waals surface area contributed by atoms with Crippen LogP contribution >= 0.6 is 0 Å². The molecule has 1 aromatic carbocycles. The molecule has 0 spiro atoms. The fourth-order valence-electron chi connectivity index (χ4n) is 4.72. The molecule has 4 rings (SSSR count). The summed E-state index contributed by atoms with van der Waals surface area (Å²) in [7, 11) is 0. The monoisotopic (exact) mass is 312 g/mol. The molecular weight excluding hydrogens is 288 g/mol. The van der Waals surface area contributed by atoms with Crippen molar-refractivity contribution >= 4 is 23.2 Å². The van der Waals surface area contributed by atoms with E-state index in [1.54, 1.807) is 0 Å². The van der Waals surface area contributed by atoms with Gasteiger partial charge in [0.2, 0.25) is 11.8 Å². The van der Waals surface area contributed by atoms with Gasteiger partial charge in [0.05, 0.1) is 0 Å². The smallest absolute Gasteiger partial charge is 0.227 e. The molecule has 2 aliphatic carbocycles. The van der Waals surface area contributed by atoms with Crippen LogP contribution in [0.5, 0.6) is 0 Å². The van der Waals surface area contributed by atoms with E-state index in [0.29, 0.717) is 18.8 Å². The Labute approximate surface area is 137 Å². The third-order valence-electron chi connectivity index (χ3n) is 5.87. The van der Waals surface area contributed by atoms with Crippen LogP contribution in [0.4, 0.5) is 11.4 Å². The van der Waals surface area contributed by atoms with Crippen molar-refractivity contribution in [3.05, 3.63) is 24.3 Å². The lowest BCUT2D eigenvalue weighted by Gasteiger charge is -2.21. The summed E-state index contributed by atoms with van der Waals surface area (Å²) in [5.41, 5.74) is 1.76. The quantitative estimate of drug-likeness (QED) is 0.924. The molecule has 1 N–H and O–H groups in total. The first-order valence-electron chi connectivity index (χ1n) is 8.89. The minimum absolute atomic E-state index is 0.132. The van der Waals surface area contributed by atoms with Gasteiger partial charge in [-0.1, -0.05) is 6.42 Å². The van der Waals surface area contributed by atoms with Gasteiger partial charge in [0.25, 0.3) is 0 Å². The number of benzene rings is 1. The van der Waals surface area contributed by atoms with Crippen LogP contribution < -0.4 is 10.2 Å². The lowest BCUT2D eigenvalue weighted by molar-refractivity contribution is -0.118. The predicted molar refractivity (Wildman–Crippen MR) is 90.2 cm³/mol. The Balaban J connectivity index is 1.33. The Hall–Kier alpha value is -1.84. The largest absolute Gasteiger partial charge is 0.326 e. The summed E-state index contributed by atoms with van der Waals surface area (Å²) in [6, 6.07) is 7.66. The van der Waals surface area contributed by atoms with Crippen molar-refractivity contribution in [2.75, 3.05) is 16.8 Å². The first-order chi connectivity index (χ1) is 11.2. The van der Waals surface area contributed by atoms with Crippen molar-refractivity contribution in [2.45, 2.75) is 44.9 Å². The molecule has 0 unspecified atom stereocenters. The number of nitrogens with one attached hydrogen (secondary N) is 1. The molecule has 1 saturated heterocycles. The normalized spacial score (nSPS) is 29.3. The second kappa shape index (κ2) is 5.99. The molecule has 4 heteroatoms. The minimum atomic E-state index is 0.132. The van der Waals surface area contributed by atoms with Gasteiger partial charge in [-0.3, -0.25) is 9.59 Å². The highest BCUT2D eigenvalue weighted by Crippen LogP contribution is 2.49. The van der Waals surface area contributed by atoms with Crippen LogP contribution in [0.3, 0.4) is 0 Å². The molecule has 2 amide bonds. The van der Waals surface area contributed by atoms with Crippen LogP contribution in [-0.2, 0) is 9.59 Å². The Kier molecular flexibility index (Phi) is 3.83. The fourth-order valence-corrected chi connectivity index (χ4v) is 4.72. The predicted octanol–water partition coefficient (Wildman–Crippen LogP) is 3.58. The maximum absolute atomic E-state index is 12.3. The lowest BCUT2D eigenvalue weighted by Crippen LogP contribution is -2.23. The lowest BCUT2D eigenvalue weighted by atomic mass is 9.86. The van der Waals surface area contributed by atoms with E-state index >= 15 is 0 Å². The van der Waals surface area contributed by atoms with Crippen molar-refractivity contribution in [1.82, 2.24) is 0 Å². The molecule has 0 aromatic heterocycles. The van der Waals surface area contributed by atoms with Gasteiger partial charge in [-0.2, -0.15) is 0 Å². The summed E-state index contributed by atoms with van der Waals surface area (Å²) < 4.78 is 0. The molecule has 1 heterocycles. The van der Waals surface area contributed by atoms with Gasteiger partial charge in [0.1, 0.15) is 0 Å². The van der Waals surface area contributed by atoms with Crippen LogP contribution in [0, 0.1) is 17.8 Å². The number of carbonyl (C=O) groups excluding carboxylic acids is 2. The van der Waals surface area contributed by atoms with E-state index in [-0.39, 0.29) is 11.8 Å². The first kappa shape index (κ1) is 14.7. The van der Waals surface area contributed by atoms with Crippen molar-refractivity contribution < 1.29 is 9.59 Å². The Bertz CT molecular complexity index is 610. The maximum atomic E-state index is 12.3. The van der Waals surface area contributed by atoms with Crippen LogP contribution in [0.2, 0.25) is 0 Å². The minimum Gasteiger partial charge on any atom is -0.326 e. The number of anilines is 2. The van der Waals surface area contributed by atoms with Gasteiger partial charge in [0.15, 0.2) is 0 Å². The number of fused-ring (bicyclic) bond motifs is 2. The SMILES string of the molecule is O=C(C[C@H]1C[C@@H]2CC[C@@H]1C2)Nc1ccc(N2CCCC2=O)cc1. The second-order valence-electron chi connectivity index (χ2n) is 7.38. The van der Waals surface area contributed by atoms with E-state index in [1.165, 1.54) is 25.7 Å². The summed E-state index contributed by atoms with van der Waals surface area (Å²) in [5, 5.41) is 3.01. The van der Waals surface area contributed by atoms with Crippen LogP contribution in [0.1, 0.15) is 44.9 Å². The first-order valence-corrected chi connectivity index (χ1v) is 8.89. The summed E-state index contributed by atoms with van der Waals surface area (Å²) in [4.78, 5) is 25.8. The molecule has 1 aromatic rings. The summed E-state index contributed by atoms with van der Waals surface area (Å²) in [5.74, 6) is 2.59. The highest BCUT2D eigenvalue weighted by atomic mass is 16.2. The standard InChI is InChI=1S/C19H24N2O2/c22-18(12-15-11-13-3-4-14(15)10-13)20-16-5-7-17(8-6-16)21-9-1-2-19(21)23/h5-8,13-15H,1-4,9-12H2,(H,20,22)/t13-,14-,15-/m1/s1. The van der Waals surface area contributed by atoms with Gasteiger partial charge >= 0.3 is 0 Å². The molecule has 2 bridgehead atoms. The van der Waals surface area contributed by atoms with Gasteiger partial charge in [0, 0.05) is 30.8 Å². The average Bonchev–Trinajstić information content (AvgIpc) is 3.25. The summed E-state index contributed by atoms with van der Waals surface area (Å²) in [6.45, 7) is 0.800. The average molecular weight is 312 g/mol. The second-order valence-corrected chi connectivity index (χ2v) is 7.38. The molecule has 4 nitrogen and oxygen atoms in total. The number of nitrogens with zero attached hydrogens (tertiary/aromatic N) is 1. The van der Waals surface area contributed by atoms with E-state index < -0.39 is 0 Å². The fraction of sp³-hybridized carbons (Fsp3) is 0.579. The third kappa shape index (κ3) is 2.99. The Morgan fingerprint density at radius 3 is 2.61 bits per heavy atom. The molecule has 2 saturated carbocycles. The molecular formula is C19H24N2O2. The molecule has 1 aliphatic heterocycles. The van der Waals surface area contributed by atoms with E-state index in [9.17, 15) is 9.59 Å². The number of amides is 2. The zero-order valence-electron chi connectivity index (χ0n) is 13.5. The van der Waals surface area contributed by atoms with Gasteiger partial charge in [-0.05, 0) is 67.7 Å². The van der Waals surface area contributed by atoms with E-state index in [2.05, 4.69) is 5.32 Å². The summed E-state index contributed by atoms with van der Waals surface area (Å²) >= 11 is 0. The summed E-state index contributed by atoms with van der Waals surface area (Å²) in [6.07, 6.45) is 7.52. The van der Waals surface area contributed by atoms with Crippen LogP contribution in [0.25, 0.3) is 0 Å². The van der Waals surface area contributed by atoms with Crippen molar-refractivity contribution in [3.8, 4) is 0 Å². The maximum Gasteiger partial charge on any atom is 0.227 e. The van der Waals surface area contributed by atoms with E-state index in [1.807, 2.05) is 29.2 Å². The Morgan fingerprint density at radius 1 is 1.17 bits per heavy atom. The van der Waals surface area contributed by atoms with Crippen LogP contribution in [-0.4, -0.2) is 18.4 Å². The van der Waals surface area contributed by atoms with Gasteiger partial charge < -0.3 is 10.2 Å². The molecule has 23 heavy (non-hydrogen) atoms. The van der Waals surface area contributed by atoms with E-state index in [0.717, 1.165) is 36.2 Å². The molecule has 0 radical (unpaired) electrons. The van der Waals surface area contributed by atoms with Crippen molar-refractivity contribution in [3.63, 3.8) is 0 Å². The molecule has 3 fully saturated rings. The number of carbonyl (C=O) groups is 2. The highest BCUT2D eigenvalue weighted by Gasteiger charge is 2.40. The zero-order valence-corrected chi connectivity index (χ0v) is 13.5. The number of hydrogen-bond donors (Lipinski definition) is 1. The van der Waals surface area contributed by atoms with Gasteiger partial charge in [-0.15, -0.1) is 0 Å². The molecule has 3 aliphatic rings. The topological polar surface area (TPSA) is 49.4 Å². The van der Waals surface area contributed by atoms with Crippen LogP contribution in [0.15, 0.2) is 24.3 Å². The van der Waals surface area contributed by atoms with Crippen molar-refractivity contribution in [1.29, 1.82) is 0 Å². The molecule has 3 atom stereocenters.